The van der Waals surface area contributed by atoms with Gasteiger partial charge in [0.05, 0.1) is 19.3 Å². The van der Waals surface area contributed by atoms with Gasteiger partial charge in [0.25, 0.3) is 0 Å². The first-order chi connectivity index (χ1) is 7.92. The summed E-state index contributed by atoms with van der Waals surface area (Å²) in [5.74, 6) is 0. The van der Waals surface area contributed by atoms with Crippen molar-refractivity contribution in [3.8, 4) is 0 Å². The zero-order valence-corrected chi connectivity index (χ0v) is 11.3. The highest BCUT2D eigenvalue weighted by Gasteiger charge is 2.24. The zero-order valence-electron chi connectivity index (χ0n) is 11.3. The highest BCUT2D eigenvalue weighted by atomic mass is 16.6. The lowest BCUT2D eigenvalue weighted by atomic mass is 10.2. The zero-order chi connectivity index (χ0) is 12.9. The van der Waals surface area contributed by atoms with E-state index in [4.69, 9.17) is 9.47 Å². The summed E-state index contributed by atoms with van der Waals surface area (Å²) in [6.45, 7) is 11.2. The fourth-order valence-electron chi connectivity index (χ4n) is 1.64. The van der Waals surface area contributed by atoms with E-state index < -0.39 is 5.60 Å². The van der Waals surface area contributed by atoms with Crippen LogP contribution in [0.1, 0.15) is 27.7 Å². The Kier molecular flexibility index (Phi) is 5.21. The summed E-state index contributed by atoms with van der Waals surface area (Å²) >= 11 is 0. The Bertz CT molecular complexity index is 245. The summed E-state index contributed by atoms with van der Waals surface area (Å²) < 4.78 is 10.9. The summed E-state index contributed by atoms with van der Waals surface area (Å²) in [6.07, 6.45) is -0.203. The molecular weight excluding hydrogens is 220 g/mol. The van der Waals surface area contributed by atoms with E-state index in [9.17, 15) is 4.79 Å². The number of rotatable bonds is 3. The molecule has 5 nitrogen and oxygen atoms in total. The third-order valence-electron chi connectivity index (χ3n) is 2.46. The van der Waals surface area contributed by atoms with E-state index in [0.29, 0.717) is 19.7 Å². The molecule has 0 radical (unpaired) electrons. The normalized spacial score (nSPS) is 21.1. The topological polar surface area (TPSA) is 50.8 Å². The molecule has 1 aliphatic heterocycles. The average molecular weight is 244 g/mol. The lowest BCUT2D eigenvalue weighted by molar-refractivity contribution is -0.0113. The Hall–Kier alpha value is -0.810. The van der Waals surface area contributed by atoms with Gasteiger partial charge in [-0.15, -0.1) is 0 Å². The maximum Gasteiger partial charge on any atom is 0.410 e. The Balaban J connectivity index is 2.43. The van der Waals surface area contributed by atoms with Gasteiger partial charge in [0.2, 0.25) is 0 Å². The average Bonchev–Trinajstić information content (AvgIpc) is 2.24. The summed E-state index contributed by atoms with van der Waals surface area (Å²) in [6, 6.07) is 0. The van der Waals surface area contributed by atoms with Gasteiger partial charge in [-0.3, -0.25) is 0 Å². The molecule has 1 amide bonds. The maximum absolute atomic E-state index is 11.9. The SMILES string of the molecule is CCN(C[C@@H]1CNCCO1)C(=O)OC(C)(C)C. The minimum absolute atomic E-state index is 0.0659. The predicted molar refractivity (Wildman–Crippen MR) is 66.1 cm³/mol. The quantitative estimate of drug-likeness (QED) is 0.811. The molecule has 0 unspecified atom stereocenters. The van der Waals surface area contributed by atoms with E-state index in [-0.39, 0.29) is 12.2 Å². The first-order valence-electron chi connectivity index (χ1n) is 6.22. The van der Waals surface area contributed by atoms with E-state index in [1.807, 2.05) is 27.7 Å². The molecule has 1 fully saturated rings. The van der Waals surface area contributed by atoms with Crippen LogP contribution in [0.25, 0.3) is 0 Å². The number of nitrogens with one attached hydrogen (secondary N) is 1. The van der Waals surface area contributed by atoms with Gasteiger partial charge in [-0.25, -0.2) is 4.79 Å². The molecule has 1 heterocycles. The van der Waals surface area contributed by atoms with Gasteiger partial charge in [-0.2, -0.15) is 0 Å². The van der Waals surface area contributed by atoms with Crippen LogP contribution in [0.3, 0.4) is 0 Å². The number of amides is 1. The van der Waals surface area contributed by atoms with E-state index in [1.54, 1.807) is 4.90 Å². The Morgan fingerprint density at radius 2 is 2.24 bits per heavy atom. The highest BCUT2D eigenvalue weighted by molar-refractivity contribution is 5.68. The third-order valence-corrected chi connectivity index (χ3v) is 2.46. The molecule has 0 aromatic rings. The molecule has 1 N–H and O–H groups in total. The van der Waals surface area contributed by atoms with E-state index >= 15 is 0 Å². The molecule has 1 atom stereocenters. The number of nitrogens with zero attached hydrogens (tertiary/aromatic N) is 1. The van der Waals surface area contributed by atoms with Crippen molar-refractivity contribution >= 4 is 6.09 Å². The number of ether oxygens (including phenoxy) is 2. The summed E-state index contributed by atoms with van der Waals surface area (Å²) in [5, 5.41) is 3.25. The van der Waals surface area contributed by atoms with Gasteiger partial charge in [-0.05, 0) is 27.7 Å². The van der Waals surface area contributed by atoms with E-state index in [1.165, 1.54) is 0 Å². The Labute approximate surface area is 103 Å². The van der Waals surface area contributed by atoms with Crippen LogP contribution in [0.2, 0.25) is 0 Å². The molecule has 0 aromatic carbocycles. The van der Waals surface area contributed by atoms with Crippen molar-refractivity contribution in [1.82, 2.24) is 10.2 Å². The second kappa shape index (κ2) is 6.21. The molecule has 0 bridgehead atoms. The fraction of sp³-hybridized carbons (Fsp3) is 0.917. The third kappa shape index (κ3) is 5.37. The van der Waals surface area contributed by atoms with Crippen LogP contribution in [0.15, 0.2) is 0 Å². The number of hydrogen-bond donors (Lipinski definition) is 1. The monoisotopic (exact) mass is 244 g/mol. The van der Waals surface area contributed by atoms with Gasteiger partial charge in [0.15, 0.2) is 0 Å². The van der Waals surface area contributed by atoms with Crippen LogP contribution in [0.5, 0.6) is 0 Å². The van der Waals surface area contributed by atoms with Crippen molar-refractivity contribution in [3.05, 3.63) is 0 Å². The van der Waals surface area contributed by atoms with Crippen molar-refractivity contribution in [2.24, 2.45) is 0 Å². The van der Waals surface area contributed by atoms with Gasteiger partial charge in [0.1, 0.15) is 5.60 Å². The Morgan fingerprint density at radius 3 is 2.71 bits per heavy atom. The highest BCUT2D eigenvalue weighted by Crippen LogP contribution is 2.11. The molecule has 0 saturated carbocycles. The van der Waals surface area contributed by atoms with Crippen LogP contribution in [-0.2, 0) is 9.47 Å². The molecule has 0 spiro atoms. The number of likely N-dealkylation sites (N-methyl/N-ethyl adjacent to an activating group) is 1. The molecular formula is C12H24N2O3. The first-order valence-corrected chi connectivity index (χ1v) is 6.22. The molecule has 0 aliphatic carbocycles. The van der Waals surface area contributed by atoms with Crippen LogP contribution >= 0.6 is 0 Å². The molecule has 0 aromatic heterocycles. The molecule has 100 valence electrons. The number of hydrogen-bond acceptors (Lipinski definition) is 4. The van der Waals surface area contributed by atoms with Crippen LogP contribution in [0.4, 0.5) is 4.79 Å². The maximum atomic E-state index is 11.9. The molecule has 1 aliphatic rings. The number of carbonyl (C=O) groups excluding carboxylic acids is 1. The van der Waals surface area contributed by atoms with E-state index in [2.05, 4.69) is 5.32 Å². The van der Waals surface area contributed by atoms with Crippen LogP contribution < -0.4 is 5.32 Å². The van der Waals surface area contributed by atoms with Gasteiger partial charge < -0.3 is 19.7 Å². The second-order valence-corrected chi connectivity index (χ2v) is 5.22. The van der Waals surface area contributed by atoms with Crippen molar-refractivity contribution in [3.63, 3.8) is 0 Å². The predicted octanol–water partition coefficient (Wildman–Crippen LogP) is 1.23. The summed E-state index contributed by atoms with van der Waals surface area (Å²) in [5.41, 5.74) is -0.448. The number of carbonyl (C=O) groups is 1. The van der Waals surface area contributed by atoms with Crippen molar-refractivity contribution in [2.75, 3.05) is 32.8 Å². The standard InChI is InChI=1S/C12H24N2O3/c1-5-14(11(15)17-12(2,3)4)9-10-8-13-6-7-16-10/h10,13H,5-9H2,1-4H3/t10-/m0/s1. The van der Waals surface area contributed by atoms with E-state index in [0.717, 1.165) is 13.1 Å². The molecule has 1 rings (SSSR count). The van der Waals surface area contributed by atoms with Gasteiger partial charge in [0, 0.05) is 19.6 Å². The summed E-state index contributed by atoms with van der Waals surface area (Å²) in [7, 11) is 0. The van der Waals surface area contributed by atoms with Crippen LogP contribution in [0, 0.1) is 0 Å². The summed E-state index contributed by atoms with van der Waals surface area (Å²) in [4.78, 5) is 13.6. The minimum Gasteiger partial charge on any atom is -0.444 e. The smallest absolute Gasteiger partial charge is 0.410 e. The molecule has 1 saturated heterocycles. The van der Waals surface area contributed by atoms with Crippen molar-refractivity contribution in [2.45, 2.75) is 39.4 Å². The minimum atomic E-state index is -0.448. The molecule has 5 heteroatoms. The number of morpholine rings is 1. The molecule has 17 heavy (non-hydrogen) atoms. The lowest BCUT2D eigenvalue weighted by Gasteiger charge is -2.31. The first kappa shape index (κ1) is 14.3. The Morgan fingerprint density at radius 1 is 1.53 bits per heavy atom. The van der Waals surface area contributed by atoms with Crippen LogP contribution in [-0.4, -0.2) is 55.5 Å². The van der Waals surface area contributed by atoms with Gasteiger partial charge >= 0.3 is 6.09 Å². The largest absolute Gasteiger partial charge is 0.444 e. The van der Waals surface area contributed by atoms with Crippen molar-refractivity contribution < 1.29 is 14.3 Å². The van der Waals surface area contributed by atoms with Crippen molar-refractivity contribution in [1.29, 1.82) is 0 Å². The van der Waals surface area contributed by atoms with Gasteiger partial charge in [-0.1, -0.05) is 0 Å². The second-order valence-electron chi connectivity index (χ2n) is 5.22. The fourth-order valence-corrected chi connectivity index (χ4v) is 1.64. The lowest BCUT2D eigenvalue weighted by Crippen LogP contribution is -2.47.